The molecule has 0 fully saturated rings. The maximum absolute atomic E-state index is 13.6. The summed E-state index contributed by atoms with van der Waals surface area (Å²) in [4.78, 5) is 14.5. The first kappa shape index (κ1) is 19.9. The van der Waals surface area contributed by atoms with Crippen LogP contribution in [0.1, 0.15) is 11.1 Å². The maximum atomic E-state index is 13.6. The van der Waals surface area contributed by atoms with Gasteiger partial charge in [-0.25, -0.2) is 0 Å². The van der Waals surface area contributed by atoms with Crippen molar-refractivity contribution in [2.75, 3.05) is 0 Å². The van der Waals surface area contributed by atoms with Gasteiger partial charge in [0.25, 0.3) is 5.56 Å². The molecule has 6 heteroatoms. The first-order valence-corrected chi connectivity index (χ1v) is 11.3. The number of aromatic nitrogens is 2. The van der Waals surface area contributed by atoms with Gasteiger partial charge in [0.05, 0.1) is 22.3 Å². The first-order valence-electron chi connectivity index (χ1n) is 9.71. The topological polar surface area (TPSA) is 26.4 Å². The fourth-order valence-corrected chi connectivity index (χ4v) is 5.43. The van der Waals surface area contributed by atoms with Crippen LogP contribution in [-0.4, -0.2) is 8.97 Å². The molecule has 0 aliphatic heterocycles. The minimum absolute atomic E-state index is 0.0422. The van der Waals surface area contributed by atoms with Gasteiger partial charge >= 0.3 is 0 Å². The number of nitrogens with zero attached hydrogens (tertiary/aromatic N) is 2. The Hall–Kier alpha value is -2.99. The van der Waals surface area contributed by atoms with Gasteiger partial charge < -0.3 is 0 Å². The number of thiazole rings is 1. The molecule has 0 aliphatic rings. The van der Waals surface area contributed by atoms with E-state index in [1.165, 1.54) is 11.3 Å². The lowest BCUT2D eigenvalue weighted by Crippen LogP contribution is -2.23. The predicted molar refractivity (Wildman–Crippen MR) is 134 cm³/mol. The third-order valence-corrected chi connectivity index (χ3v) is 6.95. The number of halogens is 1. The summed E-state index contributed by atoms with van der Waals surface area (Å²) in [5.41, 5.74) is 4.57. The molecule has 5 aromatic rings. The van der Waals surface area contributed by atoms with Gasteiger partial charge in [0.15, 0.2) is 3.95 Å². The van der Waals surface area contributed by atoms with Gasteiger partial charge in [-0.15, -0.1) is 11.3 Å². The Morgan fingerprint density at radius 3 is 2.55 bits per heavy atom. The quantitative estimate of drug-likeness (QED) is 0.268. The lowest BCUT2D eigenvalue weighted by atomic mass is 10.1. The Morgan fingerprint density at radius 2 is 1.81 bits per heavy atom. The molecule has 0 N–H and O–H groups in total. The number of hydrogen-bond acceptors (Lipinski definition) is 3. The SMILES string of the molecule is C=Cc1ccc(Cn2c(=O)c3ccccc3n3c(=S)sc(-c4cccc(Cl)c4)c23)cc1. The summed E-state index contributed by atoms with van der Waals surface area (Å²) in [5.74, 6) is 0. The van der Waals surface area contributed by atoms with Gasteiger partial charge in [0.2, 0.25) is 0 Å². The van der Waals surface area contributed by atoms with Crippen LogP contribution in [0.5, 0.6) is 0 Å². The van der Waals surface area contributed by atoms with Crippen LogP contribution in [0.15, 0.2) is 84.2 Å². The van der Waals surface area contributed by atoms with Crippen molar-refractivity contribution in [2.24, 2.45) is 0 Å². The summed E-state index contributed by atoms with van der Waals surface area (Å²) in [6, 6.07) is 23.3. The highest BCUT2D eigenvalue weighted by Crippen LogP contribution is 2.34. The van der Waals surface area contributed by atoms with Gasteiger partial charge in [0, 0.05) is 5.02 Å². The molecule has 2 aromatic heterocycles. The van der Waals surface area contributed by atoms with Gasteiger partial charge in [-0.1, -0.05) is 72.8 Å². The second kappa shape index (κ2) is 7.93. The van der Waals surface area contributed by atoms with Crippen LogP contribution >= 0.6 is 35.2 Å². The van der Waals surface area contributed by atoms with E-state index in [0.717, 1.165) is 32.7 Å². The van der Waals surface area contributed by atoms with Crippen molar-refractivity contribution in [3.63, 3.8) is 0 Å². The van der Waals surface area contributed by atoms with Crippen LogP contribution in [0.25, 0.3) is 33.1 Å². The van der Waals surface area contributed by atoms with E-state index in [1.54, 1.807) is 6.08 Å². The van der Waals surface area contributed by atoms with E-state index in [0.29, 0.717) is 20.9 Å². The summed E-state index contributed by atoms with van der Waals surface area (Å²) in [7, 11) is 0. The highest BCUT2D eigenvalue weighted by Gasteiger charge is 2.18. The summed E-state index contributed by atoms with van der Waals surface area (Å²) in [6.45, 7) is 4.24. The van der Waals surface area contributed by atoms with Crippen LogP contribution in [0.2, 0.25) is 5.02 Å². The molecule has 0 radical (unpaired) electrons. The van der Waals surface area contributed by atoms with E-state index in [1.807, 2.05) is 81.8 Å². The molecule has 0 amide bonds. The van der Waals surface area contributed by atoms with Crippen molar-refractivity contribution < 1.29 is 0 Å². The molecule has 0 unspecified atom stereocenters. The van der Waals surface area contributed by atoms with Crippen molar-refractivity contribution in [1.29, 1.82) is 0 Å². The zero-order chi connectivity index (χ0) is 21.5. The fraction of sp³-hybridized carbons (Fsp3) is 0.0400. The minimum Gasteiger partial charge on any atom is -0.288 e. The van der Waals surface area contributed by atoms with Crippen LogP contribution in [0, 0.1) is 3.95 Å². The molecular formula is C25H17ClN2OS2. The average Bonchev–Trinajstić information content (AvgIpc) is 3.14. The Kier molecular flexibility index (Phi) is 5.10. The highest BCUT2D eigenvalue weighted by atomic mass is 35.5. The van der Waals surface area contributed by atoms with E-state index in [4.69, 9.17) is 23.8 Å². The standard InChI is InChI=1S/C25H17ClN2OS2/c1-2-16-10-12-17(13-11-16)15-27-23-22(18-6-5-7-19(26)14-18)31-25(30)28(23)21-9-4-3-8-20(21)24(27)29/h2-14H,1,15H2. The van der Waals surface area contributed by atoms with Gasteiger partial charge in [0.1, 0.15) is 5.65 Å². The van der Waals surface area contributed by atoms with E-state index >= 15 is 0 Å². The summed E-state index contributed by atoms with van der Waals surface area (Å²) < 4.78 is 4.51. The van der Waals surface area contributed by atoms with Crippen LogP contribution < -0.4 is 5.56 Å². The van der Waals surface area contributed by atoms with Gasteiger partial charge in [-0.2, -0.15) is 0 Å². The van der Waals surface area contributed by atoms with Gasteiger partial charge in [-0.3, -0.25) is 13.8 Å². The summed E-state index contributed by atoms with van der Waals surface area (Å²) in [5, 5.41) is 1.29. The zero-order valence-electron chi connectivity index (χ0n) is 16.4. The van der Waals surface area contributed by atoms with Gasteiger partial charge in [-0.05, 0) is 53.2 Å². The molecule has 0 saturated carbocycles. The molecule has 3 aromatic carbocycles. The van der Waals surface area contributed by atoms with Crippen LogP contribution in [0.3, 0.4) is 0 Å². The number of hydrogen-bond donors (Lipinski definition) is 0. The molecule has 0 aliphatic carbocycles. The molecule has 0 spiro atoms. The number of rotatable bonds is 4. The fourth-order valence-electron chi connectivity index (χ4n) is 3.82. The predicted octanol–water partition coefficient (Wildman–Crippen LogP) is 7.06. The van der Waals surface area contributed by atoms with Crippen molar-refractivity contribution in [3.8, 4) is 10.4 Å². The smallest absolute Gasteiger partial charge is 0.261 e. The van der Waals surface area contributed by atoms with Crippen LogP contribution in [-0.2, 0) is 6.54 Å². The molecular weight excluding hydrogens is 444 g/mol. The molecule has 0 bridgehead atoms. The van der Waals surface area contributed by atoms with E-state index in [2.05, 4.69) is 6.58 Å². The lowest BCUT2D eigenvalue weighted by Gasteiger charge is -2.14. The Morgan fingerprint density at radius 1 is 1.03 bits per heavy atom. The highest BCUT2D eigenvalue weighted by molar-refractivity contribution is 7.73. The Balaban J connectivity index is 1.87. The second-order valence-electron chi connectivity index (χ2n) is 7.22. The molecule has 0 atom stereocenters. The monoisotopic (exact) mass is 460 g/mol. The third kappa shape index (κ3) is 3.45. The first-order chi connectivity index (χ1) is 15.1. The molecule has 152 valence electrons. The Labute approximate surface area is 193 Å². The third-order valence-electron chi connectivity index (χ3n) is 5.31. The maximum Gasteiger partial charge on any atom is 0.261 e. The van der Waals surface area contributed by atoms with Crippen molar-refractivity contribution >= 4 is 57.8 Å². The lowest BCUT2D eigenvalue weighted by molar-refractivity contribution is 0.780. The zero-order valence-corrected chi connectivity index (χ0v) is 18.8. The number of benzene rings is 3. The average molecular weight is 461 g/mol. The minimum atomic E-state index is -0.0422. The van der Waals surface area contributed by atoms with Crippen LogP contribution in [0.4, 0.5) is 0 Å². The summed E-state index contributed by atoms with van der Waals surface area (Å²) in [6.07, 6.45) is 1.81. The van der Waals surface area contributed by atoms with E-state index in [9.17, 15) is 4.79 Å². The largest absolute Gasteiger partial charge is 0.288 e. The number of fused-ring (bicyclic) bond motifs is 3. The number of para-hydroxylation sites is 1. The van der Waals surface area contributed by atoms with Crippen molar-refractivity contribution in [1.82, 2.24) is 8.97 Å². The molecule has 2 heterocycles. The molecule has 31 heavy (non-hydrogen) atoms. The van der Waals surface area contributed by atoms with Crippen molar-refractivity contribution in [2.45, 2.75) is 6.54 Å². The second-order valence-corrected chi connectivity index (χ2v) is 9.30. The summed E-state index contributed by atoms with van der Waals surface area (Å²) >= 11 is 13.5. The van der Waals surface area contributed by atoms with E-state index in [-0.39, 0.29) is 5.56 Å². The van der Waals surface area contributed by atoms with E-state index < -0.39 is 0 Å². The molecule has 3 nitrogen and oxygen atoms in total. The molecule has 5 rings (SSSR count). The molecule has 0 saturated heterocycles. The Bertz CT molecular complexity index is 1580. The normalized spacial score (nSPS) is 11.3. The van der Waals surface area contributed by atoms with Crippen molar-refractivity contribution in [3.05, 3.63) is 110 Å².